The van der Waals surface area contributed by atoms with Crippen molar-refractivity contribution in [2.45, 2.75) is 58.1 Å². The number of unbranched alkanes of at least 4 members (excludes halogenated alkanes) is 1. The highest BCUT2D eigenvalue weighted by atomic mass is 16.5. The number of aromatic nitrogens is 2. The molecule has 1 aromatic heterocycles. The molecule has 1 aromatic rings. The summed E-state index contributed by atoms with van der Waals surface area (Å²) >= 11 is 0. The van der Waals surface area contributed by atoms with Crippen molar-refractivity contribution in [1.82, 2.24) is 9.97 Å². The van der Waals surface area contributed by atoms with E-state index in [-0.39, 0.29) is 0 Å². The fourth-order valence-corrected chi connectivity index (χ4v) is 2.41. The lowest BCUT2D eigenvalue weighted by Gasteiger charge is -2.14. The molecule has 0 radical (unpaired) electrons. The Labute approximate surface area is 121 Å². The van der Waals surface area contributed by atoms with Crippen LogP contribution in [-0.2, 0) is 11.3 Å². The second-order valence-corrected chi connectivity index (χ2v) is 5.27. The highest BCUT2D eigenvalue weighted by molar-refractivity contribution is 5.39. The third-order valence-corrected chi connectivity index (χ3v) is 3.48. The number of ether oxygens (including phenoxy) is 2. The van der Waals surface area contributed by atoms with E-state index in [0.717, 1.165) is 18.7 Å². The van der Waals surface area contributed by atoms with Crippen LogP contribution in [0, 0.1) is 0 Å². The molecular formula is C15H25N3O2. The lowest BCUT2D eigenvalue weighted by molar-refractivity contribution is 0.176. The van der Waals surface area contributed by atoms with Crippen LogP contribution in [0.1, 0.15) is 51.3 Å². The molecular weight excluding hydrogens is 254 g/mol. The monoisotopic (exact) mass is 279 g/mol. The summed E-state index contributed by atoms with van der Waals surface area (Å²) in [5, 5.41) is 3.48. The number of rotatable bonds is 8. The minimum atomic E-state index is 0.407. The predicted octanol–water partition coefficient (Wildman–Crippen LogP) is 3.16. The fraction of sp³-hybridized carbons (Fsp3) is 0.733. The first-order chi connectivity index (χ1) is 9.81. The Morgan fingerprint density at radius 1 is 1.30 bits per heavy atom. The lowest BCUT2D eigenvalue weighted by Crippen LogP contribution is -2.16. The summed E-state index contributed by atoms with van der Waals surface area (Å²) in [5.74, 6) is 2.16. The van der Waals surface area contributed by atoms with Gasteiger partial charge >= 0.3 is 0 Å². The van der Waals surface area contributed by atoms with Gasteiger partial charge in [0, 0.05) is 19.2 Å². The summed E-state index contributed by atoms with van der Waals surface area (Å²) in [6.45, 7) is 3.25. The molecule has 5 nitrogen and oxygen atoms in total. The van der Waals surface area contributed by atoms with Gasteiger partial charge in [-0.2, -0.15) is 4.98 Å². The normalized spacial score (nSPS) is 15.5. The Morgan fingerprint density at radius 2 is 2.10 bits per heavy atom. The average Bonchev–Trinajstić information content (AvgIpc) is 2.92. The van der Waals surface area contributed by atoms with Crippen LogP contribution in [0.2, 0.25) is 0 Å². The van der Waals surface area contributed by atoms with E-state index in [4.69, 9.17) is 9.47 Å². The van der Waals surface area contributed by atoms with Crippen LogP contribution in [0.3, 0.4) is 0 Å². The molecule has 0 saturated heterocycles. The molecule has 1 aliphatic carbocycles. The van der Waals surface area contributed by atoms with Crippen LogP contribution < -0.4 is 10.1 Å². The van der Waals surface area contributed by atoms with Crippen molar-refractivity contribution in [3.8, 4) is 5.88 Å². The third-order valence-electron chi connectivity index (χ3n) is 3.48. The maximum Gasteiger partial charge on any atom is 0.218 e. The van der Waals surface area contributed by atoms with Crippen molar-refractivity contribution in [1.29, 1.82) is 0 Å². The summed E-state index contributed by atoms with van der Waals surface area (Å²) < 4.78 is 10.8. The van der Waals surface area contributed by atoms with Crippen LogP contribution in [-0.4, -0.2) is 29.7 Å². The lowest BCUT2D eigenvalue weighted by atomic mass is 10.2. The molecule has 0 aromatic carbocycles. The Bertz CT molecular complexity index is 406. The van der Waals surface area contributed by atoms with Crippen LogP contribution >= 0.6 is 0 Å². The highest BCUT2D eigenvalue weighted by Crippen LogP contribution is 2.23. The van der Waals surface area contributed by atoms with Gasteiger partial charge < -0.3 is 14.8 Å². The molecule has 0 atom stereocenters. The molecule has 0 spiro atoms. The molecule has 5 heteroatoms. The number of methoxy groups -OCH3 is 1. The van der Waals surface area contributed by atoms with Crippen LogP contribution in [0.5, 0.6) is 5.88 Å². The largest absolute Gasteiger partial charge is 0.478 e. The van der Waals surface area contributed by atoms with E-state index >= 15 is 0 Å². The van der Waals surface area contributed by atoms with Crippen LogP contribution in [0.15, 0.2) is 6.07 Å². The van der Waals surface area contributed by atoms with Gasteiger partial charge in [-0.15, -0.1) is 0 Å². The molecule has 0 unspecified atom stereocenters. The van der Waals surface area contributed by atoms with Gasteiger partial charge in [0.05, 0.1) is 6.61 Å². The van der Waals surface area contributed by atoms with Crippen molar-refractivity contribution in [2.75, 3.05) is 19.0 Å². The van der Waals surface area contributed by atoms with Crippen molar-refractivity contribution < 1.29 is 9.47 Å². The first kappa shape index (κ1) is 15.0. The van der Waals surface area contributed by atoms with E-state index < -0.39 is 0 Å². The minimum absolute atomic E-state index is 0.407. The van der Waals surface area contributed by atoms with Gasteiger partial charge in [0.1, 0.15) is 12.4 Å². The average molecular weight is 279 g/mol. The number of nitrogens with one attached hydrogen (secondary N) is 1. The molecule has 1 aliphatic rings. The second kappa shape index (κ2) is 8.04. The van der Waals surface area contributed by atoms with E-state index in [2.05, 4.69) is 22.2 Å². The first-order valence-corrected chi connectivity index (χ1v) is 7.58. The van der Waals surface area contributed by atoms with E-state index in [0.29, 0.717) is 31.0 Å². The molecule has 112 valence electrons. The van der Waals surface area contributed by atoms with Gasteiger partial charge in [-0.05, 0) is 19.3 Å². The topological polar surface area (TPSA) is 56.3 Å². The first-order valence-electron chi connectivity index (χ1n) is 7.58. The molecule has 0 amide bonds. The van der Waals surface area contributed by atoms with E-state index in [1.807, 2.05) is 6.07 Å². The van der Waals surface area contributed by atoms with Crippen molar-refractivity contribution in [3.63, 3.8) is 0 Å². The maximum atomic E-state index is 5.69. The van der Waals surface area contributed by atoms with Gasteiger partial charge in [-0.25, -0.2) is 4.98 Å². The molecule has 1 saturated carbocycles. The van der Waals surface area contributed by atoms with E-state index in [1.165, 1.54) is 25.7 Å². The second-order valence-electron chi connectivity index (χ2n) is 5.27. The summed E-state index contributed by atoms with van der Waals surface area (Å²) in [4.78, 5) is 8.86. The van der Waals surface area contributed by atoms with Crippen molar-refractivity contribution in [2.24, 2.45) is 0 Å². The molecule has 2 rings (SSSR count). The molecule has 1 N–H and O–H groups in total. The SMILES string of the molecule is CCCCOc1cc(NC2CCCC2)nc(COC)n1. The molecule has 0 bridgehead atoms. The number of nitrogens with zero attached hydrogens (tertiary/aromatic N) is 2. The zero-order valence-corrected chi connectivity index (χ0v) is 12.5. The summed E-state index contributed by atoms with van der Waals surface area (Å²) in [6.07, 6.45) is 7.19. The maximum absolute atomic E-state index is 5.69. The zero-order valence-electron chi connectivity index (χ0n) is 12.5. The standard InChI is InChI=1S/C15H25N3O2/c1-3-4-9-20-15-10-13(16-12-7-5-6-8-12)17-14(18-15)11-19-2/h10,12H,3-9,11H2,1-2H3,(H,16,17,18). The Balaban J connectivity index is 2.03. The predicted molar refractivity (Wildman–Crippen MR) is 79.0 cm³/mol. The molecule has 20 heavy (non-hydrogen) atoms. The van der Waals surface area contributed by atoms with E-state index in [9.17, 15) is 0 Å². The quantitative estimate of drug-likeness (QED) is 0.741. The molecule has 1 fully saturated rings. The summed E-state index contributed by atoms with van der Waals surface area (Å²) in [7, 11) is 1.65. The van der Waals surface area contributed by atoms with E-state index in [1.54, 1.807) is 7.11 Å². The number of hydrogen-bond donors (Lipinski definition) is 1. The van der Waals surface area contributed by atoms with Crippen LogP contribution in [0.4, 0.5) is 5.82 Å². The number of anilines is 1. The van der Waals surface area contributed by atoms with Crippen molar-refractivity contribution in [3.05, 3.63) is 11.9 Å². The Morgan fingerprint density at radius 3 is 2.80 bits per heavy atom. The zero-order chi connectivity index (χ0) is 14.2. The van der Waals surface area contributed by atoms with Gasteiger partial charge in [-0.1, -0.05) is 26.2 Å². The summed E-state index contributed by atoms with van der Waals surface area (Å²) in [6, 6.07) is 2.43. The number of hydrogen-bond acceptors (Lipinski definition) is 5. The smallest absolute Gasteiger partial charge is 0.218 e. The molecule has 0 aliphatic heterocycles. The fourth-order valence-electron chi connectivity index (χ4n) is 2.41. The highest BCUT2D eigenvalue weighted by Gasteiger charge is 2.16. The van der Waals surface area contributed by atoms with Gasteiger partial charge in [0.25, 0.3) is 0 Å². The molecule has 1 heterocycles. The Hall–Kier alpha value is -1.36. The minimum Gasteiger partial charge on any atom is -0.478 e. The van der Waals surface area contributed by atoms with Gasteiger partial charge in [0.15, 0.2) is 5.82 Å². The van der Waals surface area contributed by atoms with Gasteiger partial charge in [-0.3, -0.25) is 0 Å². The van der Waals surface area contributed by atoms with Crippen molar-refractivity contribution >= 4 is 5.82 Å². The third kappa shape index (κ3) is 4.63. The summed E-state index contributed by atoms with van der Waals surface area (Å²) in [5.41, 5.74) is 0. The van der Waals surface area contributed by atoms with Gasteiger partial charge in [0.2, 0.25) is 5.88 Å². The van der Waals surface area contributed by atoms with Crippen LogP contribution in [0.25, 0.3) is 0 Å². The Kier molecular flexibility index (Phi) is 6.05.